The molecule has 0 aliphatic carbocycles. The number of H-pyrrole nitrogens is 1. The summed E-state index contributed by atoms with van der Waals surface area (Å²) in [5.74, 6) is -0.371. The Balaban J connectivity index is 1.75. The van der Waals surface area contributed by atoms with Gasteiger partial charge in [0.25, 0.3) is 5.91 Å². The van der Waals surface area contributed by atoms with Gasteiger partial charge in [-0.3, -0.25) is 4.79 Å². The smallest absolute Gasteiger partial charge is 0.338 e. The quantitative estimate of drug-likeness (QED) is 0.912. The van der Waals surface area contributed by atoms with Gasteiger partial charge in [-0.25, -0.2) is 9.61 Å². The Morgan fingerprint density at radius 1 is 1.43 bits per heavy atom. The molecule has 0 unspecified atom stereocenters. The Labute approximate surface area is 128 Å². The van der Waals surface area contributed by atoms with E-state index in [1.54, 1.807) is 6.92 Å². The molecule has 3 heterocycles. The van der Waals surface area contributed by atoms with Crippen molar-refractivity contribution in [3.8, 4) is 0 Å². The molecule has 0 bridgehead atoms. The molecule has 3 rings (SSSR count). The fourth-order valence-electron chi connectivity index (χ4n) is 2.65. The molecule has 1 N–H and O–H groups in total. The highest BCUT2D eigenvalue weighted by Crippen LogP contribution is 2.31. The molecule has 1 atom stereocenters. The van der Waals surface area contributed by atoms with Crippen molar-refractivity contribution >= 4 is 5.91 Å². The summed E-state index contributed by atoms with van der Waals surface area (Å²) in [7, 11) is 0. The lowest BCUT2D eigenvalue weighted by molar-refractivity contribution is -0.141. The first-order chi connectivity index (χ1) is 10.9. The molecule has 1 aliphatic heterocycles. The number of rotatable bonds is 2. The molecule has 0 spiro atoms. The van der Waals surface area contributed by atoms with Gasteiger partial charge in [-0.05, 0) is 24.9 Å². The number of amides is 1. The van der Waals surface area contributed by atoms with Crippen molar-refractivity contribution in [1.82, 2.24) is 25.2 Å². The van der Waals surface area contributed by atoms with Crippen molar-refractivity contribution in [2.75, 3.05) is 13.1 Å². The van der Waals surface area contributed by atoms with Gasteiger partial charge in [0, 0.05) is 19.0 Å². The topological polar surface area (TPSA) is 87.9 Å². The minimum atomic E-state index is -4.46. The normalized spacial score (nSPS) is 19.1. The minimum absolute atomic E-state index is 0.126. The molecule has 0 radical (unpaired) electrons. The maximum absolute atomic E-state index is 12.6. The Kier molecular flexibility index (Phi) is 3.82. The Hall–Kier alpha value is -2.39. The van der Waals surface area contributed by atoms with Gasteiger partial charge >= 0.3 is 6.18 Å². The zero-order chi connectivity index (χ0) is 16.6. The number of hydrogen-bond acceptors (Lipinski definition) is 5. The average Bonchev–Trinajstić information content (AvgIpc) is 3.15. The second-order valence-electron chi connectivity index (χ2n) is 5.47. The molecule has 1 amide bonds. The van der Waals surface area contributed by atoms with Gasteiger partial charge in [0.15, 0.2) is 5.69 Å². The van der Waals surface area contributed by atoms with Crippen molar-refractivity contribution in [1.29, 1.82) is 0 Å². The molecule has 2 aromatic heterocycles. The monoisotopic (exact) mass is 329 g/mol. The summed E-state index contributed by atoms with van der Waals surface area (Å²) >= 11 is 0. The van der Waals surface area contributed by atoms with Crippen LogP contribution in [0.4, 0.5) is 13.2 Å². The van der Waals surface area contributed by atoms with Crippen molar-refractivity contribution in [3.63, 3.8) is 0 Å². The maximum atomic E-state index is 12.6. The molecule has 0 aromatic carbocycles. The number of piperidine rings is 1. The van der Waals surface area contributed by atoms with E-state index in [0.717, 1.165) is 6.20 Å². The molecule has 23 heavy (non-hydrogen) atoms. The molecule has 1 aliphatic rings. The van der Waals surface area contributed by atoms with E-state index < -0.39 is 11.9 Å². The fraction of sp³-hybridized carbons (Fsp3) is 0.538. The predicted molar refractivity (Wildman–Crippen MR) is 70.5 cm³/mol. The number of aryl methyl sites for hydroxylation is 1. The Morgan fingerprint density at radius 2 is 2.22 bits per heavy atom. The number of aromatic nitrogens is 4. The predicted octanol–water partition coefficient (Wildman–Crippen LogP) is 2.14. The second kappa shape index (κ2) is 5.67. The third-order valence-corrected chi connectivity index (χ3v) is 3.85. The van der Waals surface area contributed by atoms with Crippen molar-refractivity contribution < 1.29 is 22.6 Å². The first-order valence-electron chi connectivity index (χ1n) is 7.07. The first-order valence-corrected chi connectivity index (χ1v) is 7.07. The van der Waals surface area contributed by atoms with Crippen LogP contribution in [-0.4, -0.2) is 44.2 Å². The highest BCUT2D eigenvalue weighted by molar-refractivity contribution is 5.93. The van der Waals surface area contributed by atoms with Crippen LogP contribution in [0.2, 0.25) is 0 Å². The van der Waals surface area contributed by atoms with Crippen LogP contribution in [0, 0.1) is 6.92 Å². The van der Waals surface area contributed by atoms with E-state index in [0.29, 0.717) is 25.1 Å². The second-order valence-corrected chi connectivity index (χ2v) is 5.47. The number of carbonyl (C=O) groups is 1. The lowest BCUT2D eigenvalue weighted by Gasteiger charge is -2.31. The molecule has 124 valence electrons. The number of nitrogens with zero attached hydrogens (tertiary/aromatic N) is 4. The molecule has 2 aromatic rings. The van der Waals surface area contributed by atoms with Crippen LogP contribution in [0.3, 0.4) is 0 Å². The summed E-state index contributed by atoms with van der Waals surface area (Å²) in [6.45, 7) is 2.39. The summed E-state index contributed by atoms with van der Waals surface area (Å²) in [6.07, 6.45) is -2.35. The summed E-state index contributed by atoms with van der Waals surface area (Å²) in [5, 5.41) is 7.14. The van der Waals surface area contributed by atoms with Crippen LogP contribution < -0.4 is 0 Å². The first kappa shape index (κ1) is 15.5. The summed E-state index contributed by atoms with van der Waals surface area (Å²) in [4.78, 5) is 20.0. The van der Waals surface area contributed by atoms with E-state index in [1.807, 2.05) is 0 Å². The number of nitrogens with one attached hydrogen (secondary N) is 1. The van der Waals surface area contributed by atoms with E-state index in [4.69, 9.17) is 0 Å². The van der Waals surface area contributed by atoms with Gasteiger partial charge in [0.2, 0.25) is 0 Å². The van der Waals surface area contributed by atoms with Crippen LogP contribution >= 0.6 is 0 Å². The highest BCUT2D eigenvalue weighted by Gasteiger charge is 2.35. The molecule has 1 fully saturated rings. The van der Waals surface area contributed by atoms with Gasteiger partial charge in [-0.15, -0.1) is 0 Å². The summed E-state index contributed by atoms with van der Waals surface area (Å²) < 4.78 is 42.4. The third-order valence-electron chi connectivity index (χ3n) is 3.85. The fourth-order valence-corrected chi connectivity index (χ4v) is 2.65. The average molecular weight is 329 g/mol. The van der Waals surface area contributed by atoms with Gasteiger partial charge < -0.3 is 9.88 Å². The summed E-state index contributed by atoms with van der Waals surface area (Å²) in [6, 6.07) is 0. The van der Waals surface area contributed by atoms with Crippen LogP contribution in [0.5, 0.6) is 0 Å². The number of likely N-dealkylation sites (tertiary alicyclic amines) is 1. The lowest BCUT2D eigenvalue weighted by atomic mass is 9.97. The number of imidazole rings is 1. The van der Waals surface area contributed by atoms with Gasteiger partial charge in [0.05, 0.1) is 6.20 Å². The van der Waals surface area contributed by atoms with Crippen molar-refractivity contribution in [3.05, 3.63) is 29.1 Å². The molecule has 10 heteroatoms. The van der Waals surface area contributed by atoms with E-state index in [9.17, 15) is 18.0 Å². The maximum Gasteiger partial charge on any atom is 0.432 e. The third kappa shape index (κ3) is 3.06. The van der Waals surface area contributed by atoms with Crippen LogP contribution in [0.25, 0.3) is 0 Å². The van der Waals surface area contributed by atoms with Crippen molar-refractivity contribution in [2.24, 2.45) is 0 Å². The standard InChI is InChI=1S/C13H14F3N5O2/c1-7-10(20-23-19-7)12(22)21-4-2-3-8(6-21)11-17-5-9(18-11)13(14,15)16/h5,8H,2-4,6H2,1H3,(H,17,18)/t8-/m0/s1. The van der Waals surface area contributed by atoms with E-state index in [-0.39, 0.29) is 29.9 Å². The number of alkyl halides is 3. The molecule has 1 saturated heterocycles. The zero-order valence-electron chi connectivity index (χ0n) is 12.2. The largest absolute Gasteiger partial charge is 0.432 e. The number of carbonyl (C=O) groups excluding carboxylic acids is 1. The molecule has 7 nitrogen and oxygen atoms in total. The van der Waals surface area contributed by atoms with E-state index in [2.05, 4.69) is 24.9 Å². The molecular formula is C13H14F3N5O2. The van der Waals surface area contributed by atoms with E-state index in [1.165, 1.54) is 4.90 Å². The Bertz CT molecular complexity index is 709. The summed E-state index contributed by atoms with van der Waals surface area (Å²) in [5.41, 5.74) is -0.372. The van der Waals surface area contributed by atoms with E-state index >= 15 is 0 Å². The van der Waals surface area contributed by atoms with Crippen LogP contribution in [0.1, 0.15) is 46.5 Å². The number of halogens is 3. The number of hydrogen-bond donors (Lipinski definition) is 1. The van der Waals surface area contributed by atoms with Crippen LogP contribution in [-0.2, 0) is 6.18 Å². The van der Waals surface area contributed by atoms with Gasteiger partial charge in [-0.1, -0.05) is 5.16 Å². The van der Waals surface area contributed by atoms with Gasteiger partial charge in [-0.2, -0.15) is 13.2 Å². The van der Waals surface area contributed by atoms with Crippen LogP contribution in [0.15, 0.2) is 10.8 Å². The van der Waals surface area contributed by atoms with Gasteiger partial charge in [0.1, 0.15) is 17.2 Å². The Morgan fingerprint density at radius 3 is 2.83 bits per heavy atom. The van der Waals surface area contributed by atoms with Crippen molar-refractivity contribution in [2.45, 2.75) is 31.9 Å². The minimum Gasteiger partial charge on any atom is -0.338 e. The highest BCUT2D eigenvalue weighted by atomic mass is 19.4. The SMILES string of the molecule is Cc1nonc1C(=O)N1CCC[C@H](c2ncc(C(F)(F)F)[nH]2)C1. The zero-order valence-corrected chi connectivity index (χ0v) is 12.2. The molecule has 0 saturated carbocycles. The number of aromatic amines is 1. The lowest BCUT2D eigenvalue weighted by Crippen LogP contribution is -2.39. The molecular weight excluding hydrogens is 315 g/mol.